The van der Waals surface area contributed by atoms with E-state index in [0.29, 0.717) is 0 Å². The fourth-order valence-electron chi connectivity index (χ4n) is 2.92. The number of pyridine rings is 1. The Kier molecular flexibility index (Phi) is 7.53. The van der Waals surface area contributed by atoms with E-state index in [4.69, 9.17) is 19.3 Å². The molecule has 0 unspecified atom stereocenters. The molecule has 0 aliphatic carbocycles. The first-order chi connectivity index (χ1) is 16.0. The Morgan fingerprint density at radius 3 is 2.41 bits per heavy atom. The average molecular weight is 492 g/mol. The SMILES string of the molecule is COc1cc(F)ccc1Oc1cc(C)c(C)cc1C(=O)Nc1ccn(COP(=O)(O)O)c(=O)c1. The summed E-state index contributed by atoms with van der Waals surface area (Å²) in [5, 5.41) is 2.59. The predicted octanol–water partition coefficient (Wildman–Crippen LogP) is 3.72. The van der Waals surface area contributed by atoms with Crippen LogP contribution in [-0.2, 0) is 15.8 Å². The Morgan fingerprint density at radius 2 is 1.76 bits per heavy atom. The maximum Gasteiger partial charge on any atom is 0.471 e. The minimum atomic E-state index is -4.75. The van der Waals surface area contributed by atoms with Crippen molar-refractivity contribution in [3.05, 3.63) is 81.5 Å². The number of methoxy groups -OCH3 is 1. The Hall–Kier alpha value is -3.50. The number of rotatable bonds is 8. The van der Waals surface area contributed by atoms with E-state index in [0.717, 1.165) is 27.8 Å². The van der Waals surface area contributed by atoms with Crippen molar-refractivity contribution < 1.29 is 37.5 Å². The van der Waals surface area contributed by atoms with Gasteiger partial charge in [0.05, 0.1) is 12.7 Å². The van der Waals surface area contributed by atoms with Crippen molar-refractivity contribution in [1.29, 1.82) is 0 Å². The van der Waals surface area contributed by atoms with Crippen molar-refractivity contribution >= 4 is 19.4 Å². The summed E-state index contributed by atoms with van der Waals surface area (Å²) < 4.78 is 40.6. The van der Waals surface area contributed by atoms with Crippen LogP contribution in [0, 0.1) is 19.7 Å². The summed E-state index contributed by atoms with van der Waals surface area (Å²) in [5.74, 6) is -0.556. The molecular weight excluding hydrogens is 470 g/mol. The highest BCUT2D eigenvalue weighted by Gasteiger charge is 2.18. The number of amides is 1. The average Bonchev–Trinajstić information content (AvgIpc) is 2.76. The normalized spacial score (nSPS) is 11.2. The van der Waals surface area contributed by atoms with E-state index in [-0.39, 0.29) is 28.5 Å². The maximum atomic E-state index is 13.5. The van der Waals surface area contributed by atoms with Crippen molar-refractivity contribution in [3.8, 4) is 17.2 Å². The first kappa shape index (κ1) is 25.1. The Balaban J connectivity index is 1.88. The topological polar surface area (TPSA) is 136 Å². The molecule has 12 heteroatoms. The van der Waals surface area contributed by atoms with Crippen molar-refractivity contribution in [2.75, 3.05) is 12.4 Å². The van der Waals surface area contributed by atoms with E-state index in [1.54, 1.807) is 12.1 Å². The third kappa shape index (κ3) is 6.30. The van der Waals surface area contributed by atoms with Gasteiger partial charge in [0.25, 0.3) is 11.5 Å². The number of nitrogens with zero attached hydrogens (tertiary/aromatic N) is 1. The van der Waals surface area contributed by atoms with Crippen LogP contribution in [0.15, 0.2) is 53.5 Å². The molecule has 34 heavy (non-hydrogen) atoms. The lowest BCUT2D eigenvalue weighted by atomic mass is 10.0. The second-order valence-corrected chi connectivity index (χ2v) is 8.50. The van der Waals surface area contributed by atoms with E-state index in [1.165, 1.54) is 31.5 Å². The summed E-state index contributed by atoms with van der Waals surface area (Å²) in [5.41, 5.74) is 1.31. The molecule has 1 heterocycles. The van der Waals surface area contributed by atoms with Gasteiger partial charge in [-0.2, -0.15) is 0 Å². The third-order valence-corrected chi connectivity index (χ3v) is 5.26. The maximum absolute atomic E-state index is 13.5. The van der Waals surface area contributed by atoms with Crippen LogP contribution in [0.3, 0.4) is 0 Å². The lowest BCUT2D eigenvalue weighted by Crippen LogP contribution is -2.21. The van der Waals surface area contributed by atoms with Gasteiger partial charge in [-0.1, -0.05) is 0 Å². The molecule has 0 radical (unpaired) electrons. The Bertz CT molecular complexity index is 1330. The molecule has 3 N–H and O–H groups in total. The van der Waals surface area contributed by atoms with Crippen LogP contribution < -0.4 is 20.3 Å². The number of halogens is 1. The summed E-state index contributed by atoms with van der Waals surface area (Å²) in [6.07, 6.45) is 1.22. The van der Waals surface area contributed by atoms with Crippen LogP contribution in [0.1, 0.15) is 21.5 Å². The second-order valence-electron chi connectivity index (χ2n) is 7.26. The van der Waals surface area contributed by atoms with Gasteiger partial charge in [0, 0.05) is 24.0 Å². The van der Waals surface area contributed by atoms with Gasteiger partial charge in [0.2, 0.25) is 0 Å². The summed E-state index contributed by atoms with van der Waals surface area (Å²) >= 11 is 0. The highest BCUT2D eigenvalue weighted by atomic mass is 31.2. The standard InChI is InChI=1S/C22H22FN2O8P/c1-13-8-17(19(9-14(13)2)33-18-5-4-15(23)10-20(18)31-3)22(27)24-16-6-7-25(21(26)11-16)12-32-34(28,29)30/h4-11H,12H2,1-3H3,(H,24,27)(H2,28,29,30). The number of aromatic nitrogens is 1. The molecule has 2 aromatic carbocycles. The summed E-state index contributed by atoms with van der Waals surface area (Å²) in [6, 6.07) is 9.45. The van der Waals surface area contributed by atoms with Crippen molar-refractivity contribution in [2.45, 2.75) is 20.6 Å². The molecule has 0 fully saturated rings. The third-order valence-electron chi connectivity index (χ3n) is 4.81. The lowest BCUT2D eigenvalue weighted by molar-refractivity contribution is 0.102. The number of hydrogen-bond acceptors (Lipinski definition) is 6. The molecule has 3 rings (SSSR count). The van der Waals surface area contributed by atoms with E-state index in [9.17, 15) is 18.5 Å². The molecule has 0 spiro atoms. The van der Waals surface area contributed by atoms with E-state index >= 15 is 0 Å². The number of phosphoric ester groups is 1. The van der Waals surface area contributed by atoms with E-state index < -0.39 is 31.8 Å². The first-order valence-electron chi connectivity index (χ1n) is 9.81. The van der Waals surface area contributed by atoms with Crippen LogP contribution in [0.5, 0.6) is 17.2 Å². The van der Waals surface area contributed by atoms with E-state index in [2.05, 4.69) is 9.84 Å². The van der Waals surface area contributed by atoms with Gasteiger partial charge in [-0.05, 0) is 55.3 Å². The van der Waals surface area contributed by atoms with Crippen molar-refractivity contribution in [2.24, 2.45) is 0 Å². The Labute approximate surface area is 193 Å². The van der Waals surface area contributed by atoms with Gasteiger partial charge in [-0.15, -0.1) is 0 Å². The van der Waals surface area contributed by atoms with Gasteiger partial charge >= 0.3 is 7.82 Å². The number of benzene rings is 2. The molecule has 0 atom stereocenters. The quantitative estimate of drug-likeness (QED) is 0.405. The van der Waals surface area contributed by atoms with Crippen molar-refractivity contribution in [3.63, 3.8) is 0 Å². The predicted molar refractivity (Wildman–Crippen MR) is 121 cm³/mol. The van der Waals surface area contributed by atoms with Crippen LogP contribution >= 0.6 is 7.82 Å². The van der Waals surface area contributed by atoms with Crippen LogP contribution in [0.25, 0.3) is 0 Å². The minimum Gasteiger partial charge on any atom is -0.493 e. The summed E-state index contributed by atoms with van der Waals surface area (Å²) in [6.45, 7) is 2.99. The van der Waals surface area contributed by atoms with Crippen LogP contribution in [-0.4, -0.2) is 27.4 Å². The number of carbonyl (C=O) groups is 1. The van der Waals surface area contributed by atoms with Gasteiger partial charge in [0.15, 0.2) is 11.5 Å². The molecule has 10 nitrogen and oxygen atoms in total. The number of aryl methyl sites for hydroxylation is 2. The monoisotopic (exact) mass is 492 g/mol. The minimum absolute atomic E-state index is 0.144. The molecular formula is C22H22FN2O8P. The molecule has 0 saturated heterocycles. The highest BCUT2D eigenvalue weighted by Crippen LogP contribution is 2.36. The lowest BCUT2D eigenvalue weighted by Gasteiger charge is -2.16. The molecule has 0 aliphatic rings. The zero-order valence-corrected chi connectivity index (χ0v) is 19.3. The van der Waals surface area contributed by atoms with Gasteiger partial charge in [0.1, 0.15) is 18.3 Å². The van der Waals surface area contributed by atoms with E-state index in [1.807, 2.05) is 13.8 Å². The van der Waals surface area contributed by atoms with Gasteiger partial charge in [-0.3, -0.25) is 18.7 Å². The molecule has 3 aromatic rings. The number of hydrogen-bond donors (Lipinski definition) is 3. The summed E-state index contributed by atoms with van der Waals surface area (Å²) in [7, 11) is -3.39. The van der Waals surface area contributed by atoms with Gasteiger partial charge in [-0.25, -0.2) is 8.96 Å². The number of ether oxygens (including phenoxy) is 2. The molecule has 0 bridgehead atoms. The number of phosphoric acid groups is 1. The van der Waals surface area contributed by atoms with Gasteiger partial charge < -0.3 is 24.6 Å². The first-order valence-corrected chi connectivity index (χ1v) is 11.3. The number of carbonyl (C=O) groups excluding carboxylic acids is 1. The van der Waals surface area contributed by atoms with Crippen LogP contribution in [0.4, 0.5) is 10.1 Å². The smallest absolute Gasteiger partial charge is 0.471 e. The molecule has 0 aliphatic heterocycles. The molecule has 1 aromatic heterocycles. The fraction of sp³-hybridized carbons (Fsp3) is 0.182. The molecule has 0 saturated carbocycles. The van der Waals surface area contributed by atoms with Crippen LogP contribution in [0.2, 0.25) is 0 Å². The largest absolute Gasteiger partial charge is 0.493 e. The second kappa shape index (κ2) is 10.2. The highest BCUT2D eigenvalue weighted by molar-refractivity contribution is 7.46. The Morgan fingerprint density at radius 1 is 1.06 bits per heavy atom. The number of anilines is 1. The fourth-order valence-corrected chi connectivity index (χ4v) is 3.20. The zero-order chi connectivity index (χ0) is 25.0. The number of nitrogens with one attached hydrogen (secondary N) is 1. The van der Waals surface area contributed by atoms with Crippen molar-refractivity contribution in [1.82, 2.24) is 4.57 Å². The molecule has 1 amide bonds. The summed E-state index contributed by atoms with van der Waals surface area (Å²) in [4.78, 5) is 42.8. The molecule has 180 valence electrons. The zero-order valence-electron chi connectivity index (χ0n) is 18.4.